The molecule has 1 unspecified atom stereocenters. The number of anilines is 1. The molecule has 2 aromatic heterocycles. The molecule has 1 atom stereocenters. The van der Waals surface area contributed by atoms with E-state index in [-0.39, 0.29) is 29.3 Å². The molecule has 1 aromatic carbocycles. The van der Waals surface area contributed by atoms with E-state index in [4.69, 9.17) is 0 Å². The Morgan fingerprint density at radius 1 is 1.00 bits per heavy atom. The van der Waals surface area contributed by atoms with E-state index in [1.54, 1.807) is 29.7 Å². The van der Waals surface area contributed by atoms with Gasteiger partial charge in [0.1, 0.15) is 4.90 Å². The van der Waals surface area contributed by atoms with E-state index >= 15 is 0 Å². The summed E-state index contributed by atoms with van der Waals surface area (Å²) < 4.78 is 28.0. The molecule has 5 rings (SSSR count). The highest BCUT2D eigenvalue weighted by molar-refractivity contribution is 7.89. The first kappa shape index (κ1) is 22.3. The van der Waals surface area contributed by atoms with Gasteiger partial charge in [0.25, 0.3) is 0 Å². The van der Waals surface area contributed by atoms with Crippen molar-refractivity contribution in [2.75, 3.05) is 18.0 Å². The topological polar surface area (TPSA) is 70.6 Å². The van der Waals surface area contributed by atoms with Gasteiger partial charge in [-0.05, 0) is 42.5 Å². The molecule has 1 aliphatic carbocycles. The standard InChI is InChI=1S/C25H27N3O3S2/c29-25-17-27(33(30,31)22-12-7-13-26-15-22)16-23(19-8-3-1-4-9-19)28(25)21-14-24(32-18-21)20-10-5-2-6-11-20/h2,5-7,10-15,18-19,23H,1,3-4,8-9,16-17H2. The van der Waals surface area contributed by atoms with Gasteiger partial charge in [-0.25, -0.2) is 8.42 Å². The molecule has 1 aliphatic heterocycles. The van der Waals surface area contributed by atoms with Crippen molar-refractivity contribution in [1.29, 1.82) is 0 Å². The monoisotopic (exact) mass is 481 g/mol. The van der Waals surface area contributed by atoms with Crippen LogP contribution in [0.4, 0.5) is 5.69 Å². The fourth-order valence-corrected chi connectivity index (χ4v) is 7.28. The molecule has 0 radical (unpaired) electrons. The summed E-state index contributed by atoms with van der Waals surface area (Å²) in [5, 5.41) is 2.03. The van der Waals surface area contributed by atoms with E-state index in [2.05, 4.69) is 23.2 Å². The van der Waals surface area contributed by atoms with E-state index in [1.807, 2.05) is 28.5 Å². The summed E-state index contributed by atoms with van der Waals surface area (Å²) in [5.41, 5.74) is 1.99. The van der Waals surface area contributed by atoms with Gasteiger partial charge in [0.05, 0.1) is 18.3 Å². The predicted molar refractivity (Wildman–Crippen MR) is 131 cm³/mol. The third-order valence-corrected chi connectivity index (χ3v) is 9.45. The summed E-state index contributed by atoms with van der Waals surface area (Å²) in [6.45, 7) is 0.154. The minimum atomic E-state index is -3.78. The number of nitrogens with zero attached hydrogens (tertiary/aromatic N) is 3. The van der Waals surface area contributed by atoms with Crippen molar-refractivity contribution in [2.24, 2.45) is 5.92 Å². The molecule has 1 amide bonds. The van der Waals surface area contributed by atoms with Gasteiger partial charge in [0.2, 0.25) is 15.9 Å². The molecular formula is C25H27N3O3S2. The highest BCUT2D eigenvalue weighted by atomic mass is 32.2. The van der Waals surface area contributed by atoms with E-state index in [9.17, 15) is 13.2 Å². The maximum absolute atomic E-state index is 13.5. The summed E-state index contributed by atoms with van der Waals surface area (Å²) in [4.78, 5) is 20.6. The molecule has 0 N–H and O–H groups in total. The number of piperazine rings is 1. The van der Waals surface area contributed by atoms with Gasteiger partial charge >= 0.3 is 0 Å². The minimum absolute atomic E-state index is 0.135. The number of sulfonamides is 1. The molecule has 1 saturated heterocycles. The van der Waals surface area contributed by atoms with Crippen molar-refractivity contribution >= 4 is 33.0 Å². The van der Waals surface area contributed by atoms with Crippen LogP contribution in [-0.4, -0.2) is 42.7 Å². The van der Waals surface area contributed by atoms with Crippen LogP contribution in [0.3, 0.4) is 0 Å². The zero-order chi connectivity index (χ0) is 22.8. The number of hydrogen-bond donors (Lipinski definition) is 0. The normalized spacial score (nSPS) is 20.8. The third-order valence-electron chi connectivity index (χ3n) is 6.69. The number of amides is 1. The average Bonchev–Trinajstić information content (AvgIpc) is 3.35. The maximum Gasteiger partial charge on any atom is 0.245 e. The van der Waals surface area contributed by atoms with E-state index in [0.717, 1.165) is 41.8 Å². The average molecular weight is 482 g/mol. The number of aromatic nitrogens is 1. The number of pyridine rings is 1. The second-order valence-corrected chi connectivity index (χ2v) is 11.6. The van der Waals surface area contributed by atoms with Gasteiger partial charge in [-0.15, -0.1) is 11.3 Å². The molecule has 3 aromatic rings. The first-order valence-electron chi connectivity index (χ1n) is 11.4. The van der Waals surface area contributed by atoms with Crippen LogP contribution in [0.5, 0.6) is 0 Å². The number of carbonyl (C=O) groups excluding carboxylic acids is 1. The zero-order valence-electron chi connectivity index (χ0n) is 18.3. The summed E-state index contributed by atoms with van der Waals surface area (Å²) >= 11 is 1.62. The Morgan fingerprint density at radius 2 is 1.79 bits per heavy atom. The van der Waals surface area contributed by atoms with Gasteiger partial charge in [0, 0.05) is 29.2 Å². The van der Waals surface area contributed by atoms with E-state index < -0.39 is 10.0 Å². The van der Waals surface area contributed by atoms with Crippen molar-refractivity contribution in [3.63, 3.8) is 0 Å². The first-order valence-corrected chi connectivity index (χ1v) is 13.7. The predicted octanol–water partition coefficient (Wildman–Crippen LogP) is 4.80. The lowest BCUT2D eigenvalue weighted by molar-refractivity contribution is -0.121. The van der Waals surface area contributed by atoms with Gasteiger partial charge in [-0.1, -0.05) is 49.6 Å². The van der Waals surface area contributed by atoms with Crippen molar-refractivity contribution in [2.45, 2.75) is 43.0 Å². The molecular weight excluding hydrogens is 454 g/mol. The molecule has 172 valence electrons. The minimum Gasteiger partial charge on any atom is -0.306 e. The lowest BCUT2D eigenvalue weighted by Gasteiger charge is -2.44. The number of carbonyl (C=O) groups is 1. The van der Waals surface area contributed by atoms with Gasteiger partial charge in [-0.3, -0.25) is 9.78 Å². The molecule has 33 heavy (non-hydrogen) atoms. The van der Waals surface area contributed by atoms with E-state index in [0.29, 0.717) is 6.54 Å². The Kier molecular flexibility index (Phi) is 6.32. The molecule has 8 heteroatoms. The third kappa shape index (κ3) is 4.47. The number of rotatable bonds is 5. The summed E-state index contributed by atoms with van der Waals surface area (Å²) in [5.74, 6) is 0.122. The highest BCUT2D eigenvalue weighted by Crippen LogP contribution is 2.38. The quantitative estimate of drug-likeness (QED) is 0.525. The van der Waals surface area contributed by atoms with Crippen LogP contribution < -0.4 is 4.90 Å². The van der Waals surface area contributed by atoms with Gasteiger partial charge in [0.15, 0.2) is 0 Å². The summed E-state index contributed by atoms with van der Waals surface area (Å²) in [7, 11) is -3.78. The smallest absolute Gasteiger partial charge is 0.245 e. The Bertz CT molecular complexity index is 1210. The first-order chi connectivity index (χ1) is 16.0. The lowest BCUT2D eigenvalue weighted by atomic mass is 9.82. The molecule has 2 fully saturated rings. The largest absolute Gasteiger partial charge is 0.306 e. The Balaban J connectivity index is 1.48. The molecule has 0 bridgehead atoms. The van der Waals surface area contributed by atoms with Crippen LogP contribution in [0.1, 0.15) is 32.1 Å². The number of hydrogen-bond acceptors (Lipinski definition) is 5. The summed E-state index contributed by atoms with van der Waals surface area (Å²) in [6, 6.07) is 15.2. The van der Waals surface area contributed by atoms with E-state index in [1.165, 1.54) is 16.9 Å². The molecule has 6 nitrogen and oxygen atoms in total. The Hall–Kier alpha value is -2.55. The lowest BCUT2D eigenvalue weighted by Crippen LogP contribution is -2.60. The van der Waals surface area contributed by atoms with Gasteiger partial charge < -0.3 is 4.90 Å². The molecule has 1 saturated carbocycles. The van der Waals surface area contributed by atoms with Crippen molar-refractivity contribution in [3.8, 4) is 10.4 Å². The molecule has 0 spiro atoms. The SMILES string of the molecule is O=C1CN(S(=O)(=O)c2cccnc2)CC(C2CCCCC2)N1c1csc(-c2ccccc2)c1. The summed E-state index contributed by atoms with van der Waals surface area (Å²) in [6.07, 6.45) is 8.39. The van der Waals surface area contributed by atoms with Crippen LogP contribution in [0, 0.1) is 5.92 Å². The number of benzene rings is 1. The van der Waals surface area contributed by atoms with Crippen molar-refractivity contribution in [1.82, 2.24) is 9.29 Å². The van der Waals surface area contributed by atoms with Crippen LogP contribution in [0.15, 0.2) is 71.2 Å². The van der Waals surface area contributed by atoms with Gasteiger partial charge in [-0.2, -0.15) is 4.31 Å². The maximum atomic E-state index is 13.5. The second kappa shape index (κ2) is 9.37. The van der Waals surface area contributed by atoms with Crippen LogP contribution in [0.25, 0.3) is 10.4 Å². The second-order valence-electron chi connectivity index (χ2n) is 8.75. The van der Waals surface area contributed by atoms with Crippen molar-refractivity contribution in [3.05, 3.63) is 66.3 Å². The molecule has 3 heterocycles. The number of thiophene rings is 1. The Morgan fingerprint density at radius 3 is 2.52 bits per heavy atom. The fourth-order valence-electron chi connectivity index (χ4n) is 5.02. The Labute approximate surface area is 198 Å². The van der Waals surface area contributed by atoms with Crippen LogP contribution in [0.2, 0.25) is 0 Å². The molecule has 2 aliphatic rings. The van der Waals surface area contributed by atoms with Crippen molar-refractivity contribution < 1.29 is 13.2 Å². The fraction of sp³-hybridized carbons (Fsp3) is 0.360. The van der Waals surface area contributed by atoms with Crippen LogP contribution >= 0.6 is 11.3 Å². The zero-order valence-corrected chi connectivity index (χ0v) is 20.0. The van der Waals surface area contributed by atoms with Crippen LogP contribution in [-0.2, 0) is 14.8 Å². The highest BCUT2D eigenvalue weighted by Gasteiger charge is 2.43.